The number of esters is 2. The largest absolute Gasteiger partial charge is 0.465 e. The predicted octanol–water partition coefficient (Wildman–Crippen LogP) is 3.56. The SMILES string of the molecule is CCOC(=O)C1=C(c2ccccc2)N=C2SC(C#N)=C(N)N2[C@H]1c1ccc(C(=O)OC)cc1. The highest BCUT2D eigenvalue weighted by molar-refractivity contribution is 8.17. The molecular weight excluding hydrogens is 440 g/mol. The molecule has 2 heterocycles. The fourth-order valence-corrected chi connectivity index (χ4v) is 4.56. The lowest BCUT2D eigenvalue weighted by atomic mass is 9.91. The minimum absolute atomic E-state index is 0.179. The third-order valence-corrected chi connectivity index (χ3v) is 6.15. The Morgan fingerprint density at radius 3 is 2.45 bits per heavy atom. The molecule has 2 aliphatic rings. The molecule has 0 amide bonds. The van der Waals surface area contributed by atoms with Crippen LogP contribution in [-0.4, -0.2) is 35.7 Å². The van der Waals surface area contributed by atoms with Crippen LogP contribution < -0.4 is 5.73 Å². The number of hydrogen-bond donors (Lipinski definition) is 1. The summed E-state index contributed by atoms with van der Waals surface area (Å²) < 4.78 is 10.2. The van der Waals surface area contributed by atoms with Crippen LogP contribution in [0.1, 0.15) is 34.5 Å². The van der Waals surface area contributed by atoms with E-state index in [9.17, 15) is 14.9 Å². The molecule has 0 saturated carbocycles. The monoisotopic (exact) mass is 460 g/mol. The molecular formula is C24H20N4O4S. The van der Waals surface area contributed by atoms with Gasteiger partial charge in [-0.1, -0.05) is 42.5 Å². The zero-order valence-corrected chi connectivity index (χ0v) is 18.8. The molecule has 0 aromatic heterocycles. The normalized spacial score (nSPS) is 17.3. The average molecular weight is 461 g/mol. The number of nitrogens with zero attached hydrogens (tertiary/aromatic N) is 3. The summed E-state index contributed by atoms with van der Waals surface area (Å²) in [6, 6.07) is 17.4. The number of fused-ring (bicyclic) bond motifs is 1. The fraction of sp³-hybridized carbons (Fsp3) is 0.167. The second-order valence-corrected chi connectivity index (χ2v) is 8.04. The Labute approximate surface area is 195 Å². The van der Waals surface area contributed by atoms with Crippen LogP contribution in [0, 0.1) is 11.3 Å². The lowest BCUT2D eigenvalue weighted by molar-refractivity contribution is -0.139. The van der Waals surface area contributed by atoms with Crippen LogP contribution in [0.3, 0.4) is 0 Å². The first-order valence-electron chi connectivity index (χ1n) is 10.1. The molecule has 0 radical (unpaired) electrons. The quantitative estimate of drug-likeness (QED) is 0.673. The van der Waals surface area contributed by atoms with Gasteiger partial charge in [-0.2, -0.15) is 5.26 Å². The molecule has 166 valence electrons. The Morgan fingerprint density at radius 2 is 1.85 bits per heavy atom. The van der Waals surface area contributed by atoms with Crippen molar-refractivity contribution in [3.05, 3.63) is 87.6 Å². The first-order valence-corrected chi connectivity index (χ1v) is 10.9. The van der Waals surface area contributed by atoms with Gasteiger partial charge in [0.2, 0.25) is 0 Å². The van der Waals surface area contributed by atoms with Crippen molar-refractivity contribution < 1.29 is 19.1 Å². The van der Waals surface area contributed by atoms with Gasteiger partial charge in [-0.3, -0.25) is 4.90 Å². The maximum Gasteiger partial charge on any atom is 0.338 e. The summed E-state index contributed by atoms with van der Waals surface area (Å²) in [6.07, 6.45) is 0. The van der Waals surface area contributed by atoms with Gasteiger partial charge < -0.3 is 15.2 Å². The van der Waals surface area contributed by atoms with Gasteiger partial charge in [-0.25, -0.2) is 14.6 Å². The van der Waals surface area contributed by atoms with Crippen LogP contribution in [0.2, 0.25) is 0 Å². The first-order chi connectivity index (χ1) is 16.0. The lowest BCUT2D eigenvalue weighted by Gasteiger charge is -2.35. The molecule has 0 saturated heterocycles. The number of hydrogen-bond acceptors (Lipinski definition) is 9. The van der Waals surface area contributed by atoms with E-state index in [2.05, 4.69) is 6.07 Å². The zero-order valence-electron chi connectivity index (χ0n) is 17.9. The lowest BCUT2D eigenvalue weighted by Crippen LogP contribution is -2.38. The van der Waals surface area contributed by atoms with Gasteiger partial charge in [0.1, 0.15) is 16.8 Å². The van der Waals surface area contributed by atoms with Crippen molar-refractivity contribution in [1.82, 2.24) is 4.90 Å². The third-order valence-electron chi connectivity index (χ3n) is 5.18. The van der Waals surface area contributed by atoms with Gasteiger partial charge in [-0.15, -0.1) is 0 Å². The molecule has 2 aromatic carbocycles. The van der Waals surface area contributed by atoms with E-state index >= 15 is 0 Å². The number of methoxy groups -OCH3 is 1. The summed E-state index contributed by atoms with van der Waals surface area (Å²) in [6.45, 7) is 1.91. The molecule has 0 unspecified atom stereocenters. The highest BCUT2D eigenvalue weighted by Crippen LogP contribution is 2.47. The summed E-state index contributed by atoms with van der Waals surface area (Å²) in [4.78, 5) is 31.8. The van der Waals surface area contributed by atoms with Crippen molar-refractivity contribution in [2.75, 3.05) is 13.7 Å². The fourth-order valence-electron chi connectivity index (χ4n) is 3.69. The van der Waals surface area contributed by atoms with Crippen molar-refractivity contribution in [2.45, 2.75) is 13.0 Å². The van der Waals surface area contributed by atoms with Gasteiger partial charge in [0.15, 0.2) is 5.17 Å². The molecule has 4 rings (SSSR count). The Morgan fingerprint density at radius 1 is 1.15 bits per heavy atom. The van der Waals surface area contributed by atoms with Gasteiger partial charge in [-0.05, 0) is 36.4 Å². The van der Waals surface area contributed by atoms with E-state index in [1.54, 1.807) is 36.1 Å². The number of carbonyl (C=O) groups is 2. The number of nitriles is 1. The Kier molecular flexibility index (Phi) is 6.20. The molecule has 8 nitrogen and oxygen atoms in total. The maximum absolute atomic E-state index is 13.3. The van der Waals surface area contributed by atoms with Crippen molar-refractivity contribution >= 4 is 34.6 Å². The van der Waals surface area contributed by atoms with Gasteiger partial charge in [0, 0.05) is 5.56 Å². The molecule has 1 atom stereocenters. The van der Waals surface area contributed by atoms with E-state index in [-0.39, 0.29) is 12.4 Å². The topological polar surface area (TPSA) is 118 Å². The standard InChI is InChI=1S/C24H20N4O4S/c1-3-32-23(30)18-19(14-7-5-4-6-8-14)27-24-28(21(26)17(13-25)33-24)20(18)15-9-11-16(12-10-15)22(29)31-2/h4-12,20H,3,26H2,1-2H3/t20-/m0/s1. The Hall–Kier alpha value is -4.03. The zero-order chi connectivity index (χ0) is 23.5. The minimum Gasteiger partial charge on any atom is -0.465 e. The number of thioether (sulfide) groups is 1. The van der Waals surface area contributed by atoms with E-state index in [4.69, 9.17) is 20.2 Å². The van der Waals surface area contributed by atoms with Crippen LogP contribution >= 0.6 is 11.8 Å². The second-order valence-electron chi connectivity index (χ2n) is 7.06. The number of allylic oxidation sites excluding steroid dienone is 1. The number of nitrogens with two attached hydrogens (primary N) is 1. The number of ether oxygens (including phenoxy) is 2. The molecule has 0 aliphatic carbocycles. The number of carbonyl (C=O) groups excluding carboxylic acids is 2. The second kappa shape index (κ2) is 9.22. The Balaban J connectivity index is 1.95. The van der Waals surface area contributed by atoms with Gasteiger partial charge in [0.05, 0.1) is 36.6 Å². The molecule has 2 aliphatic heterocycles. The summed E-state index contributed by atoms with van der Waals surface area (Å²) in [5, 5.41) is 10.0. The van der Waals surface area contributed by atoms with E-state index in [1.807, 2.05) is 30.3 Å². The van der Waals surface area contributed by atoms with Crippen molar-refractivity contribution in [1.29, 1.82) is 5.26 Å². The van der Waals surface area contributed by atoms with Crippen molar-refractivity contribution in [3.8, 4) is 6.07 Å². The summed E-state index contributed by atoms with van der Waals surface area (Å²) in [5.74, 6) is -0.803. The molecule has 2 aromatic rings. The number of aliphatic imine (C=N–C) groups is 1. The molecule has 0 bridgehead atoms. The van der Waals surface area contributed by atoms with E-state index in [0.717, 1.165) is 17.3 Å². The molecule has 0 spiro atoms. The van der Waals surface area contributed by atoms with Crippen LogP contribution in [-0.2, 0) is 14.3 Å². The number of amidine groups is 1. The number of benzene rings is 2. The highest BCUT2D eigenvalue weighted by atomic mass is 32.2. The smallest absolute Gasteiger partial charge is 0.338 e. The summed E-state index contributed by atoms with van der Waals surface area (Å²) in [7, 11) is 1.31. The van der Waals surface area contributed by atoms with Crippen molar-refractivity contribution in [3.63, 3.8) is 0 Å². The predicted molar refractivity (Wildman–Crippen MR) is 124 cm³/mol. The minimum atomic E-state index is -0.711. The summed E-state index contributed by atoms with van der Waals surface area (Å²) >= 11 is 1.15. The number of rotatable bonds is 5. The summed E-state index contributed by atoms with van der Waals surface area (Å²) in [5.41, 5.74) is 8.84. The van der Waals surface area contributed by atoms with Crippen LogP contribution in [0.5, 0.6) is 0 Å². The third kappa shape index (κ3) is 3.97. The van der Waals surface area contributed by atoms with E-state index in [0.29, 0.717) is 32.5 Å². The molecule has 0 fully saturated rings. The van der Waals surface area contributed by atoms with Gasteiger partial charge >= 0.3 is 11.9 Å². The highest BCUT2D eigenvalue weighted by Gasteiger charge is 2.43. The average Bonchev–Trinajstić information content (AvgIpc) is 3.18. The van der Waals surface area contributed by atoms with E-state index < -0.39 is 18.0 Å². The van der Waals surface area contributed by atoms with Crippen LogP contribution in [0.25, 0.3) is 5.70 Å². The van der Waals surface area contributed by atoms with Crippen LogP contribution in [0.4, 0.5) is 0 Å². The van der Waals surface area contributed by atoms with Crippen LogP contribution in [0.15, 0.2) is 75.9 Å². The molecule has 9 heteroatoms. The van der Waals surface area contributed by atoms with E-state index in [1.165, 1.54) is 7.11 Å². The first kappa shape index (κ1) is 22.2. The Bertz CT molecular complexity index is 1240. The maximum atomic E-state index is 13.3. The molecule has 2 N–H and O–H groups in total. The molecule has 33 heavy (non-hydrogen) atoms. The van der Waals surface area contributed by atoms with Gasteiger partial charge in [0.25, 0.3) is 0 Å². The van der Waals surface area contributed by atoms with Crippen molar-refractivity contribution in [2.24, 2.45) is 10.7 Å².